The summed E-state index contributed by atoms with van der Waals surface area (Å²) in [7, 11) is 0. The van der Waals surface area contributed by atoms with E-state index < -0.39 is 0 Å². The third-order valence-corrected chi connectivity index (χ3v) is 3.63. The second-order valence-electron chi connectivity index (χ2n) is 3.77. The highest BCUT2D eigenvalue weighted by Gasteiger charge is 2.21. The van der Waals surface area contributed by atoms with Crippen LogP contribution in [0.3, 0.4) is 0 Å². The van der Waals surface area contributed by atoms with Crippen LogP contribution in [0.2, 0.25) is 0 Å². The normalized spacial score (nSPS) is 11.7. The van der Waals surface area contributed by atoms with Gasteiger partial charge in [-0.15, -0.1) is 0 Å². The fourth-order valence-corrected chi connectivity index (χ4v) is 1.77. The Labute approximate surface area is 89.5 Å². The van der Waals surface area contributed by atoms with Crippen LogP contribution in [-0.4, -0.2) is 0 Å². The van der Waals surface area contributed by atoms with Gasteiger partial charge >= 0.3 is 0 Å². The maximum atomic E-state index is 3.46. The number of halogens is 1. The molecule has 0 aromatic heterocycles. The largest absolute Gasteiger partial charge is 0.0645 e. The lowest BCUT2D eigenvalue weighted by molar-refractivity contribution is 0.439. The van der Waals surface area contributed by atoms with E-state index >= 15 is 0 Å². The van der Waals surface area contributed by atoms with E-state index in [1.807, 2.05) is 0 Å². The van der Waals surface area contributed by atoms with Gasteiger partial charge in [0.15, 0.2) is 0 Å². The molecule has 1 aromatic carbocycles. The minimum absolute atomic E-state index is 0.348. The number of hydrogen-bond donors (Lipinski definition) is 0. The van der Waals surface area contributed by atoms with Crippen molar-refractivity contribution in [3.8, 4) is 0 Å². The molecular formula is C12H17Br. The van der Waals surface area contributed by atoms with Crippen LogP contribution in [-0.2, 0) is 5.41 Å². The van der Waals surface area contributed by atoms with Gasteiger partial charge in [0.25, 0.3) is 0 Å². The molecule has 0 radical (unpaired) electrons. The van der Waals surface area contributed by atoms with E-state index in [0.717, 1.165) is 4.47 Å². The van der Waals surface area contributed by atoms with E-state index in [-0.39, 0.29) is 0 Å². The zero-order chi connectivity index (χ0) is 9.90. The van der Waals surface area contributed by atoms with E-state index in [4.69, 9.17) is 0 Å². The molecule has 0 saturated heterocycles. The van der Waals surface area contributed by atoms with Gasteiger partial charge in [0.05, 0.1) is 0 Å². The van der Waals surface area contributed by atoms with Gasteiger partial charge in [0.2, 0.25) is 0 Å². The Balaban J connectivity index is 2.99. The molecule has 1 aromatic rings. The topological polar surface area (TPSA) is 0 Å². The minimum atomic E-state index is 0.348. The van der Waals surface area contributed by atoms with Crippen LogP contribution in [0.4, 0.5) is 0 Å². The summed E-state index contributed by atoms with van der Waals surface area (Å²) in [5, 5.41) is 0. The van der Waals surface area contributed by atoms with Crippen LogP contribution in [0.15, 0.2) is 28.7 Å². The molecule has 72 valence electrons. The summed E-state index contributed by atoms with van der Waals surface area (Å²) < 4.78 is 1.16. The summed E-state index contributed by atoms with van der Waals surface area (Å²) >= 11 is 3.46. The second-order valence-corrected chi connectivity index (χ2v) is 4.69. The zero-order valence-corrected chi connectivity index (χ0v) is 10.2. The van der Waals surface area contributed by atoms with Crippen LogP contribution in [0.1, 0.15) is 39.2 Å². The maximum Gasteiger partial charge on any atom is 0.0175 e. The van der Waals surface area contributed by atoms with E-state index in [2.05, 4.69) is 61.0 Å². The average molecular weight is 241 g/mol. The van der Waals surface area contributed by atoms with E-state index in [0.29, 0.717) is 5.41 Å². The molecule has 1 rings (SSSR count). The predicted molar refractivity (Wildman–Crippen MR) is 62.1 cm³/mol. The van der Waals surface area contributed by atoms with Crippen molar-refractivity contribution >= 4 is 15.9 Å². The monoisotopic (exact) mass is 240 g/mol. The van der Waals surface area contributed by atoms with Gasteiger partial charge in [-0.05, 0) is 36.0 Å². The summed E-state index contributed by atoms with van der Waals surface area (Å²) in [6.45, 7) is 6.84. The Morgan fingerprint density at radius 1 is 1.08 bits per heavy atom. The number of hydrogen-bond acceptors (Lipinski definition) is 0. The molecule has 0 N–H and O–H groups in total. The van der Waals surface area contributed by atoms with E-state index in [1.54, 1.807) is 0 Å². The van der Waals surface area contributed by atoms with E-state index in [1.165, 1.54) is 18.4 Å². The smallest absolute Gasteiger partial charge is 0.0175 e. The first-order valence-corrected chi connectivity index (χ1v) is 5.67. The first-order chi connectivity index (χ1) is 6.12. The molecular weight excluding hydrogens is 224 g/mol. The Kier molecular flexibility index (Phi) is 3.55. The highest BCUT2D eigenvalue weighted by atomic mass is 79.9. The molecule has 13 heavy (non-hydrogen) atoms. The first kappa shape index (κ1) is 10.8. The molecule has 0 aliphatic rings. The Morgan fingerprint density at radius 2 is 1.54 bits per heavy atom. The quantitative estimate of drug-likeness (QED) is 0.729. The zero-order valence-electron chi connectivity index (χ0n) is 8.60. The van der Waals surface area contributed by atoms with Crippen molar-refractivity contribution < 1.29 is 0 Å². The molecule has 0 aliphatic heterocycles. The van der Waals surface area contributed by atoms with Gasteiger partial charge < -0.3 is 0 Å². The van der Waals surface area contributed by atoms with Crippen LogP contribution in [0.25, 0.3) is 0 Å². The number of benzene rings is 1. The summed E-state index contributed by atoms with van der Waals surface area (Å²) in [6.07, 6.45) is 2.40. The standard InChI is InChI=1S/C12H17Br/c1-4-12(3,5-2)10-6-8-11(13)9-7-10/h6-9H,4-5H2,1-3H3. The van der Waals surface area contributed by atoms with Gasteiger partial charge in [-0.25, -0.2) is 0 Å². The lowest BCUT2D eigenvalue weighted by Gasteiger charge is -2.27. The fourth-order valence-electron chi connectivity index (χ4n) is 1.51. The Morgan fingerprint density at radius 3 is 1.92 bits per heavy atom. The van der Waals surface area contributed by atoms with Crippen LogP contribution >= 0.6 is 15.9 Å². The predicted octanol–water partition coefficient (Wildman–Crippen LogP) is 4.53. The van der Waals surface area contributed by atoms with E-state index in [9.17, 15) is 0 Å². The highest BCUT2D eigenvalue weighted by molar-refractivity contribution is 9.10. The van der Waals surface area contributed by atoms with Crippen molar-refractivity contribution in [3.63, 3.8) is 0 Å². The second kappa shape index (κ2) is 4.28. The van der Waals surface area contributed by atoms with Crippen LogP contribution in [0.5, 0.6) is 0 Å². The summed E-state index contributed by atoms with van der Waals surface area (Å²) in [5.74, 6) is 0. The molecule has 0 bridgehead atoms. The van der Waals surface area contributed by atoms with Crippen LogP contribution < -0.4 is 0 Å². The van der Waals surface area contributed by atoms with Crippen LogP contribution in [0, 0.1) is 0 Å². The molecule has 0 fully saturated rings. The maximum absolute atomic E-state index is 3.46. The molecule has 1 heteroatoms. The van der Waals surface area contributed by atoms with Crippen molar-refractivity contribution in [3.05, 3.63) is 34.3 Å². The lowest BCUT2D eigenvalue weighted by Crippen LogP contribution is -2.19. The third-order valence-electron chi connectivity index (χ3n) is 3.10. The number of rotatable bonds is 3. The molecule has 0 saturated carbocycles. The van der Waals surface area contributed by atoms with Gasteiger partial charge in [-0.3, -0.25) is 0 Å². The molecule has 0 spiro atoms. The molecule has 0 amide bonds. The van der Waals surface area contributed by atoms with Crippen molar-refractivity contribution in [2.45, 2.75) is 39.0 Å². The van der Waals surface area contributed by atoms with Gasteiger partial charge in [0.1, 0.15) is 0 Å². The molecule has 0 nitrogen and oxygen atoms in total. The van der Waals surface area contributed by atoms with Crippen molar-refractivity contribution in [2.24, 2.45) is 0 Å². The molecule has 0 heterocycles. The van der Waals surface area contributed by atoms with Crippen molar-refractivity contribution in [1.29, 1.82) is 0 Å². The Hall–Kier alpha value is -0.300. The summed E-state index contributed by atoms with van der Waals surface area (Å²) in [5.41, 5.74) is 1.79. The fraction of sp³-hybridized carbons (Fsp3) is 0.500. The summed E-state index contributed by atoms with van der Waals surface area (Å²) in [6, 6.07) is 8.69. The third kappa shape index (κ3) is 2.34. The Bertz CT molecular complexity index is 257. The van der Waals surface area contributed by atoms with Crippen molar-refractivity contribution in [2.75, 3.05) is 0 Å². The lowest BCUT2D eigenvalue weighted by atomic mass is 9.78. The average Bonchev–Trinajstić information content (AvgIpc) is 2.18. The summed E-state index contributed by atoms with van der Waals surface area (Å²) in [4.78, 5) is 0. The van der Waals surface area contributed by atoms with Gasteiger partial charge in [-0.2, -0.15) is 0 Å². The minimum Gasteiger partial charge on any atom is -0.0645 e. The first-order valence-electron chi connectivity index (χ1n) is 4.88. The molecule has 0 unspecified atom stereocenters. The van der Waals surface area contributed by atoms with Gasteiger partial charge in [0, 0.05) is 4.47 Å². The highest BCUT2D eigenvalue weighted by Crippen LogP contribution is 2.31. The molecule has 0 atom stereocenters. The van der Waals surface area contributed by atoms with Gasteiger partial charge in [-0.1, -0.05) is 48.8 Å². The van der Waals surface area contributed by atoms with Crippen molar-refractivity contribution in [1.82, 2.24) is 0 Å². The molecule has 0 aliphatic carbocycles. The SMILES string of the molecule is CCC(C)(CC)c1ccc(Br)cc1.